The highest BCUT2D eigenvalue weighted by molar-refractivity contribution is 6.00. The van der Waals surface area contributed by atoms with Crippen LogP contribution < -0.4 is 4.90 Å². The zero-order chi connectivity index (χ0) is 12.6. The van der Waals surface area contributed by atoms with E-state index in [4.69, 9.17) is 5.11 Å². The number of nitrogens with zero attached hydrogens (tertiary/aromatic N) is 1. The molecule has 1 heterocycles. The van der Waals surface area contributed by atoms with Crippen molar-refractivity contribution in [3.05, 3.63) is 29.3 Å². The van der Waals surface area contributed by atoms with Crippen LogP contribution in [0.15, 0.2) is 18.2 Å². The molecular formula is C13H15NO3. The Bertz CT molecular complexity index is 482. The molecule has 0 saturated carbocycles. The van der Waals surface area contributed by atoms with Gasteiger partial charge in [-0.3, -0.25) is 9.59 Å². The van der Waals surface area contributed by atoms with Gasteiger partial charge in [0.25, 0.3) is 0 Å². The Labute approximate surface area is 99.9 Å². The molecule has 0 saturated heterocycles. The first-order valence-corrected chi connectivity index (χ1v) is 5.60. The minimum Gasteiger partial charge on any atom is -0.481 e. The fourth-order valence-corrected chi connectivity index (χ4v) is 2.18. The van der Waals surface area contributed by atoms with Gasteiger partial charge in [0.2, 0.25) is 5.91 Å². The van der Waals surface area contributed by atoms with Gasteiger partial charge in [0.05, 0.1) is 12.8 Å². The number of likely N-dealkylation sites (N-methyl/N-ethyl adjacent to an activating group) is 1. The van der Waals surface area contributed by atoms with E-state index in [0.717, 1.165) is 16.8 Å². The molecule has 0 fully saturated rings. The molecule has 0 aliphatic carbocycles. The lowest BCUT2D eigenvalue weighted by molar-refractivity contribution is -0.137. The Morgan fingerprint density at radius 1 is 1.53 bits per heavy atom. The molecule has 1 unspecified atom stereocenters. The largest absolute Gasteiger partial charge is 0.481 e. The lowest BCUT2D eigenvalue weighted by Gasteiger charge is -2.13. The number of fused-ring (bicyclic) bond motifs is 1. The molecule has 2 rings (SSSR count). The van der Waals surface area contributed by atoms with E-state index in [1.165, 1.54) is 0 Å². The van der Waals surface area contributed by atoms with Crippen molar-refractivity contribution in [2.24, 2.45) is 0 Å². The van der Waals surface area contributed by atoms with Crippen molar-refractivity contribution >= 4 is 17.6 Å². The molecule has 4 nitrogen and oxygen atoms in total. The van der Waals surface area contributed by atoms with E-state index in [9.17, 15) is 9.59 Å². The zero-order valence-corrected chi connectivity index (χ0v) is 9.93. The predicted molar refractivity (Wildman–Crippen MR) is 64.2 cm³/mol. The van der Waals surface area contributed by atoms with E-state index in [1.54, 1.807) is 11.9 Å². The summed E-state index contributed by atoms with van der Waals surface area (Å²) in [6, 6.07) is 5.75. The topological polar surface area (TPSA) is 57.6 Å². The number of carbonyl (C=O) groups is 2. The zero-order valence-electron chi connectivity index (χ0n) is 9.93. The van der Waals surface area contributed by atoms with Crippen LogP contribution in [-0.4, -0.2) is 24.0 Å². The highest BCUT2D eigenvalue weighted by atomic mass is 16.4. The second-order valence-corrected chi connectivity index (χ2v) is 4.52. The third-order valence-corrected chi connectivity index (χ3v) is 3.23. The molecule has 1 aromatic rings. The Morgan fingerprint density at radius 3 is 2.88 bits per heavy atom. The lowest BCUT2D eigenvalue weighted by atomic mass is 9.95. The molecule has 1 atom stereocenters. The maximum absolute atomic E-state index is 11.5. The van der Waals surface area contributed by atoms with E-state index in [2.05, 4.69) is 0 Å². The van der Waals surface area contributed by atoms with Gasteiger partial charge in [-0.25, -0.2) is 0 Å². The standard InChI is InChI=1S/C13H15NO3/c1-8(5-13(16)17)9-3-4-11-10(6-9)7-12(15)14(11)2/h3-4,6,8H,5,7H2,1-2H3,(H,16,17). The molecule has 17 heavy (non-hydrogen) atoms. The third kappa shape index (κ3) is 2.16. The maximum atomic E-state index is 11.5. The number of hydrogen-bond acceptors (Lipinski definition) is 2. The average molecular weight is 233 g/mol. The normalized spacial score (nSPS) is 15.9. The van der Waals surface area contributed by atoms with Gasteiger partial charge in [0.15, 0.2) is 0 Å². The number of benzene rings is 1. The highest BCUT2D eigenvalue weighted by Gasteiger charge is 2.24. The number of anilines is 1. The summed E-state index contributed by atoms with van der Waals surface area (Å²) in [5.74, 6) is -0.743. The SMILES string of the molecule is CC(CC(=O)O)c1ccc2c(c1)CC(=O)N2C. The number of carboxylic acids is 1. The van der Waals surface area contributed by atoms with Gasteiger partial charge in [0, 0.05) is 12.7 Å². The number of carboxylic acid groups (broad SMARTS) is 1. The summed E-state index contributed by atoms with van der Waals surface area (Å²) >= 11 is 0. The minimum atomic E-state index is -0.800. The van der Waals surface area contributed by atoms with Crippen molar-refractivity contribution in [3.63, 3.8) is 0 Å². The highest BCUT2D eigenvalue weighted by Crippen LogP contribution is 2.31. The molecule has 0 spiro atoms. The van der Waals surface area contributed by atoms with Gasteiger partial charge >= 0.3 is 5.97 Å². The summed E-state index contributed by atoms with van der Waals surface area (Å²) in [6.07, 6.45) is 0.530. The number of rotatable bonds is 3. The van der Waals surface area contributed by atoms with Crippen LogP contribution >= 0.6 is 0 Å². The van der Waals surface area contributed by atoms with Crippen molar-refractivity contribution in [2.45, 2.75) is 25.7 Å². The van der Waals surface area contributed by atoms with E-state index in [0.29, 0.717) is 6.42 Å². The minimum absolute atomic E-state index is 0.0289. The maximum Gasteiger partial charge on any atom is 0.303 e. The summed E-state index contributed by atoms with van der Waals surface area (Å²) < 4.78 is 0. The van der Waals surface area contributed by atoms with Crippen LogP contribution in [0.4, 0.5) is 5.69 Å². The van der Waals surface area contributed by atoms with E-state index >= 15 is 0 Å². The molecule has 1 amide bonds. The van der Waals surface area contributed by atoms with E-state index in [1.807, 2.05) is 25.1 Å². The van der Waals surface area contributed by atoms with E-state index < -0.39 is 5.97 Å². The quantitative estimate of drug-likeness (QED) is 0.865. The summed E-state index contributed by atoms with van der Waals surface area (Å²) in [4.78, 5) is 23.8. The van der Waals surface area contributed by atoms with Crippen molar-refractivity contribution in [2.75, 3.05) is 11.9 Å². The number of hydrogen-bond donors (Lipinski definition) is 1. The van der Waals surface area contributed by atoms with Crippen molar-refractivity contribution in [1.82, 2.24) is 0 Å². The number of aliphatic carboxylic acids is 1. The molecule has 0 aromatic heterocycles. The van der Waals surface area contributed by atoms with Crippen LogP contribution in [0.2, 0.25) is 0 Å². The lowest BCUT2D eigenvalue weighted by Crippen LogP contribution is -2.20. The van der Waals surface area contributed by atoms with Crippen LogP contribution in [0.3, 0.4) is 0 Å². The molecule has 0 bridgehead atoms. The fourth-order valence-electron chi connectivity index (χ4n) is 2.18. The second kappa shape index (κ2) is 4.20. The smallest absolute Gasteiger partial charge is 0.303 e. The molecule has 1 aliphatic rings. The average Bonchev–Trinajstić information content (AvgIpc) is 2.53. The van der Waals surface area contributed by atoms with E-state index in [-0.39, 0.29) is 18.2 Å². The van der Waals surface area contributed by atoms with Gasteiger partial charge < -0.3 is 10.0 Å². The first-order valence-electron chi connectivity index (χ1n) is 5.60. The monoisotopic (exact) mass is 233 g/mol. The number of amides is 1. The Hall–Kier alpha value is -1.84. The molecule has 1 N–H and O–H groups in total. The molecule has 4 heteroatoms. The van der Waals surface area contributed by atoms with Gasteiger partial charge in [-0.15, -0.1) is 0 Å². The molecule has 90 valence electrons. The van der Waals surface area contributed by atoms with Gasteiger partial charge in [-0.1, -0.05) is 19.1 Å². The van der Waals surface area contributed by atoms with Crippen LogP contribution in [0, 0.1) is 0 Å². The van der Waals surface area contributed by atoms with Gasteiger partial charge in [-0.2, -0.15) is 0 Å². The summed E-state index contributed by atoms with van der Waals surface area (Å²) in [7, 11) is 1.76. The summed E-state index contributed by atoms with van der Waals surface area (Å²) in [5.41, 5.74) is 2.91. The fraction of sp³-hybridized carbons (Fsp3) is 0.385. The van der Waals surface area contributed by atoms with Crippen molar-refractivity contribution in [1.29, 1.82) is 0 Å². The molecular weight excluding hydrogens is 218 g/mol. The Morgan fingerprint density at radius 2 is 2.24 bits per heavy atom. The van der Waals surface area contributed by atoms with Crippen LogP contribution in [0.1, 0.15) is 30.4 Å². The summed E-state index contributed by atoms with van der Waals surface area (Å²) in [6.45, 7) is 1.89. The van der Waals surface area contributed by atoms with Gasteiger partial charge in [0.1, 0.15) is 0 Å². The first-order chi connectivity index (χ1) is 7.99. The van der Waals surface area contributed by atoms with Crippen LogP contribution in [0.25, 0.3) is 0 Å². The molecule has 1 aromatic carbocycles. The van der Waals surface area contributed by atoms with Crippen molar-refractivity contribution < 1.29 is 14.7 Å². The second-order valence-electron chi connectivity index (χ2n) is 4.52. The first kappa shape index (κ1) is 11.6. The summed E-state index contributed by atoms with van der Waals surface area (Å²) in [5, 5.41) is 8.76. The predicted octanol–water partition coefficient (Wildman–Crippen LogP) is 1.78. The Balaban J connectivity index is 2.27. The van der Waals surface area contributed by atoms with Crippen LogP contribution in [-0.2, 0) is 16.0 Å². The molecule has 1 aliphatic heterocycles. The van der Waals surface area contributed by atoms with Gasteiger partial charge in [-0.05, 0) is 23.1 Å². The number of carbonyl (C=O) groups excluding carboxylic acids is 1. The van der Waals surface area contributed by atoms with Crippen molar-refractivity contribution in [3.8, 4) is 0 Å². The van der Waals surface area contributed by atoms with Crippen LogP contribution in [0.5, 0.6) is 0 Å². The molecule has 0 radical (unpaired) electrons. The third-order valence-electron chi connectivity index (χ3n) is 3.23. The Kier molecular flexibility index (Phi) is 2.88.